The second-order valence-corrected chi connectivity index (χ2v) is 6.37. The van der Waals surface area contributed by atoms with Gasteiger partial charge in [0.25, 0.3) is 11.0 Å². The van der Waals surface area contributed by atoms with Crippen LogP contribution < -0.4 is 18.6 Å². The van der Waals surface area contributed by atoms with Gasteiger partial charge < -0.3 is 9.47 Å². The van der Waals surface area contributed by atoms with Gasteiger partial charge in [0.2, 0.25) is 0 Å². The SMILES string of the molecule is COc1cc[n+]2c3c1ccc1c(OC)cc[n+](c13)C(C)CC2C. The number of hydrogen-bond acceptors (Lipinski definition) is 2. The van der Waals surface area contributed by atoms with E-state index in [2.05, 4.69) is 59.6 Å². The molecule has 0 N–H and O–H groups in total. The first-order chi connectivity index (χ1) is 11.2. The van der Waals surface area contributed by atoms with Crippen molar-refractivity contribution in [3.63, 3.8) is 0 Å². The molecule has 1 aliphatic heterocycles. The zero-order valence-corrected chi connectivity index (χ0v) is 14.0. The molecular formula is C19H22N2O2+2. The van der Waals surface area contributed by atoms with E-state index in [4.69, 9.17) is 9.47 Å². The number of benzene rings is 1. The minimum absolute atomic E-state index is 0.426. The molecule has 0 fully saturated rings. The molecule has 4 heteroatoms. The van der Waals surface area contributed by atoms with Gasteiger partial charge in [-0.3, -0.25) is 0 Å². The number of ether oxygens (including phenoxy) is 2. The van der Waals surface area contributed by atoms with Crippen LogP contribution in [0.4, 0.5) is 0 Å². The van der Waals surface area contributed by atoms with Crippen LogP contribution >= 0.6 is 0 Å². The number of aromatic nitrogens is 2. The van der Waals surface area contributed by atoms with Crippen molar-refractivity contribution in [3.05, 3.63) is 36.7 Å². The Morgan fingerprint density at radius 1 is 0.783 bits per heavy atom. The van der Waals surface area contributed by atoms with Crippen LogP contribution in [0.1, 0.15) is 32.4 Å². The summed E-state index contributed by atoms with van der Waals surface area (Å²) >= 11 is 0. The van der Waals surface area contributed by atoms with Crippen LogP contribution in [-0.2, 0) is 0 Å². The van der Waals surface area contributed by atoms with Gasteiger partial charge in [-0.2, -0.15) is 9.13 Å². The first-order valence-electron chi connectivity index (χ1n) is 8.08. The highest BCUT2D eigenvalue weighted by Crippen LogP contribution is 2.34. The zero-order chi connectivity index (χ0) is 16.1. The van der Waals surface area contributed by atoms with E-state index in [0.717, 1.165) is 28.7 Å². The fraction of sp³-hybridized carbons (Fsp3) is 0.368. The third-order valence-electron chi connectivity index (χ3n) is 5.04. The lowest BCUT2D eigenvalue weighted by molar-refractivity contribution is -0.711. The van der Waals surface area contributed by atoms with Gasteiger partial charge in [-0.05, 0) is 26.0 Å². The lowest BCUT2D eigenvalue weighted by atomic mass is 10.1. The standard InChI is InChI=1S/C19H22N2O2/c1-12-11-13(2)21-10-8-17(23-4)15-6-5-14-16(22-3)7-9-20(12)18(14)19(15)21/h5-10,12-13H,11H2,1-4H3/q+2. The van der Waals surface area contributed by atoms with Crippen LogP contribution in [0.3, 0.4) is 0 Å². The Balaban J connectivity index is 2.28. The Morgan fingerprint density at radius 2 is 1.22 bits per heavy atom. The van der Waals surface area contributed by atoms with E-state index in [1.807, 2.05) is 0 Å². The lowest BCUT2D eigenvalue weighted by Gasteiger charge is -2.09. The van der Waals surface area contributed by atoms with E-state index in [0.29, 0.717) is 12.1 Å². The molecule has 2 atom stereocenters. The van der Waals surface area contributed by atoms with Crippen LogP contribution in [0, 0.1) is 0 Å². The van der Waals surface area contributed by atoms with Crippen molar-refractivity contribution in [3.8, 4) is 11.5 Å². The average Bonchev–Trinajstić information content (AvgIpc) is 2.68. The topological polar surface area (TPSA) is 26.2 Å². The average molecular weight is 310 g/mol. The summed E-state index contributed by atoms with van der Waals surface area (Å²) in [5.41, 5.74) is 2.44. The van der Waals surface area contributed by atoms with Crippen LogP contribution in [0.15, 0.2) is 36.7 Å². The van der Waals surface area contributed by atoms with E-state index in [1.54, 1.807) is 14.2 Å². The van der Waals surface area contributed by atoms with E-state index in [9.17, 15) is 0 Å². The van der Waals surface area contributed by atoms with Crippen molar-refractivity contribution in [2.45, 2.75) is 32.4 Å². The monoisotopic (exact) mass is 310 g/mol. The Kier molecular flexibility index (Phi) is 3.15. The zero-order valence-electron chi connectivity index (χ0n) is 14.0. The summed E-state index contributed by atoms with van der Waals surface area (Å²) in [5, 5.41) is 2.29. The number of nitrogens with zero attached hydrogens (tertiary/aromatic N) is 2. The molecule has 0 aliphatic carbocycles. The quantitative estimate of drug-likeness (QED) is 0.537. The molecule has 0 radical (unpaired) electrons. The van der Waals surface area contributed by atoms with Gasteiger partial charge in [-0.15, -0.1) is 0 Å². The summed E-state index contributed by atoms with van der Waals surface area (Å²) in [7, 11) is 3.46. The summed E-state index contributed by atoms with van der Waals surface area (Å²) in [6, 6.07) is 9.26. The molecule has 23 heavy (non-hydrogen) atoms. The first kappa shape index (κ1) is 14.2. The predicted octanol–water partition coefficient (Wildman–Crippen LogP) is 3.11. The smallest absolute Gasteiger partial charge is 0.289 e. The number of rotatable bonds is 2. The number of pyridine rings is 2. The minimum atomic E-state index is 0.426. The second kappa shape index (κ2) is 5.08. The number of methoxy groups -OCH3 is 2. The molecule has 0 amide bonds. The molecule has 1 aliphatic rings. The summed E-state index contributed by atoms with van der Waals surface area (Å²) < 4.78 is 16.0. The summed E-state index contributed by atoms with van der Waals surface area (Å²) in [5.74, 6) is 1.82. The van der Waals surface area contributed by atoms with Gasteiger partial charge in [-0.1, -0.05) is 0 Å². The fourth-order valence-electron chi connectivity index (χ4n) is 3.94. The molecule has 2 unspecified atom stereocenters. The molecule has 0 saturated carbocycles. The predicted molar refractivity (Wildman–Crippen MR) is 89.0 cm³/mol. The molecule has 4 nitrogen and oxygen atoms in total. The first-order valence-corrected chi connectivity index (χ1v) is 8.08. The third-order valence-corrected chi connectivity index (χ3v) is 5.04. The molecular weight excluding hydrogens is 288 g/mol. The van der Waals surface area contributed by atoms with Gasteiger partial charge in [0.05, 0.1) is 31.4 Å². The van der Waals surface area contributed by atoms with Crippen molar-refractivity contribution >= 4 is 21.8 Å². The highest BCUT2D eigenvalue weighted by Gasteiger charge is 2.35. The maximum absolute atomic E-state index is 5.60. The van der Waals surface area contributed by atoms with Crippen LogP contribution in [0.2, 0.25) is 0 Å². The molecule has 0 saturated heterocycles. The minimum Gasteiger partial charge on any atom is -0.496 e. The molecule has 2 aromatic heterocycles. The van der Waals surface area contributed by atoms with Gasteiger partial charge >= 0.3 is 0 Å². The molecule has 0 bridgehead atoms. The van der Waals surface area contributed by atoms with E-state index >= 15 is 0 Å². The molecule has 0 spiro atoms. The third kappa shape index (κ3) is 1.90. The van der Waals surface area contributed by atoms with Crippen LogP contribution in [0.25, 0.3) is 21.8 Å². The van der Waals surface area contributed by atoms with Crippen LogP contribution in [-0.4, -0.2) is 14.2 Å². The summed E-state index contributed by atoms with van der Waals surface area (Å²) in [6.45, 7) is 4.57. The summed E-state index contributed by atoms with van der Waals surface area (Å²) in [4.78, 5) is 0. The fourth-order valence-corrected chi connectivity index (χ4v) is 3.94. The van der Waals surface area contributed by atoms with Crippen molar-refractivity contribution in [2.75, 3.05) is 14.2 Å². The Morgan fingerprint density at radius 3 is 1.61 bits per heavy atom. The molecule has 1 aromatic carbocycles. The van der Waals surface area contributed by atoms with Crippen molar-refractivity contribution < 1.29 is 18.6 Å². The van der Waals surface area contributed by atoms with Gasteiger partial charge in [-0.25, -0.2) is 0 Å². The Labute approximate surface area is 135 Å². The maximum Gasteiger partial charge on any atom is 0.289 e. The maximum atomic E-state index is 5.60. The van der Waals surface area contributed by atoms with E-state index < -0.39 is 0 Å². The number of hydrogen-bond donors (Lipinski definition) is 0. The Bertz CT molecular complexity index is 846. The molecule has 4 rings (SSSR count). The Hall–Kier alpha value is -2.36. The van der Waals surface area contributed by atoms with E-state index in [1.165, 1.54) is 11.0 Å². The van der Waals surface area contributed by atoms with E-state index in [-0.39, 0.29) is 0 Å². The second-order valence-electron chi connectivity index (χ2n) is 6.37. The molecule has 118 valence electrons. The van der Waals surface area contributed by atoms with Crippen molar-refractivity contribution in [1.82, 2.24) is 0 Å². The van der Waals surface area contributed by atoms with Crippen molar-refractivity contribution in [2.24, 2.45) is 0 Å². The van der Waals surface area contributed by atoms with Crippen molar-refractivity contribution in [1.29, 1.82) is 0 Å². The highest BCUT2D eigenvalue weighted by atomic mass is 16.5. The normalized spacial score (nSPS) is 20.0. The van der Waals surface area contributed by atoms with Gasteiger partial charge in [0.15, 0.2) is 24.5 Å². The van der Waals surface area contributed by atoms with Gasteiger partial charge in [0, 0.05) is 12.1 Å². The lowest BCUT2D eigenvalue weighted by Crippen LogP contribution is -2.39. The summed E-state index contributed by atoms with van der Waals surface area (Å²) in [6.07, 6.45) is 5.38. The highest BCUT2D eigenvalue weighted by molar-refractivity contribution is 6.03. The van der Waals surface area contributed by atoms with Crippen LogP contribution in [0.5, 0.6) is 11.5 Å². The molecule has 3 heterocycles. The molecule has 3 aromatic rings. The van der Waals surface area contributed by atoms with Gasteiger partial charge in [0.1, 0.15) is 11.5 Å². The largest absolute Gasteiger partial charge is 0.496 e.